The van der Waals surface area contributed by atoms with Crippen LogP contribution in [0.4, 0.5) is 4.79 Å². The molecule has 0 bridgehead atoms. The predicted octanol–water partition coefficient (Wildman–Crippen LogP) is 2.54. The van der Waals surface area contributed by atoms with E-state index in [9.17, 15) is 4.79 Å². The lowest BCUT2D eigenvalue weighted by Crippen LogP contribution is -2.39. The number of aryl methyl sites for hydroxylation is 1. The molecule has 0 fully saturated rings. The number of hydrogen-bond donors (Lipinski definition) is 2. The Labute approximate surface area is 121 Å². The fraction of sp³-hybridized carbons (Fsp3) is 0.600. The molecular formula is C15H26N2O3. The van der Waals surface area contributed by atoms with Crippen LogP contribution in [0.1, 0.15) is 40.2 Å². The molecule has 0 saturated carbocycles. The van der Waals surface area contributed by atoms with E-state index in [-0.39, 0.29) is 12.6 Å². The molecule has 0 aliphatic carbocycles. The van der Waals surface area contributed by atoms with Crippen LogP contribution in [0.3, 0.4) is 0 Å². The van der Waals surface area contributed by atoms with Gasteiger partial charge in [-0.15, -0.1) is 0 Å². The Hall–Kier alpha value is -1.62. The first kappa shape index (κ1) is 18.4. The maximum atomic E-state index is 11.0. The van der Waals surface area contributed by atoms with E-state index >= 15 is 0 Å². The topological polar surface area (TPSA) is 71.5 Å². The molecule has 5 nitrogen and oxygen atoms in total. The maximum absolute atomic E-state index is 11.0. The van der Waals surface area contributed by atoms with Crippen LogP contribution in [-0.4, -0.2) is 34.4 Å². The number of carbonyl (C=O) groups excluding carboxylic acids is 1. The van der Waals surface area contributed by atoms with E-state index in [1.165, 1.54) is 5.56 Å². The van der Waals surface area contributed by atoms with Crippen molar-refractivity contribution >= 4 is 6.09 Å². The quantitative estimate of drug-likeness (QED) is 0.893. The van der Waals surface area contributed by atoms with Crippen LogP contribution in [0.15, 0.2) is 24.5 Å². The van der Waals surface area contributed by atoms with Crippen molar-refractivity contribution in [2.75, 3.05) is 6.61 Å². The first-order valence-corrected chi connectivity index (χ1v) is 6.77. The first-order chi connectivity index (χ1) is 9.28. The predicted molar refractivity (Wildman–Crippen MR) is 79.5 cm³/mol. The Morgan fingerprint density at radius 3 is 2.50 bits per heavy atom. The van der Waals surface area contributed by atoms with E-state index in [2.05, 4.69) is 23.3 Å². The monoisotopic (exact) mass is 282 g/mol. The number of pyridine rings is 1. The summed E-state index contributed by atoms with van der Waals surface area (Å²) < 4.78 is 4.95. The molecule has 0 aliphatic heterocycles. The highest BCUT2D eigenvalue weighted by Gasteiger charge is 2.16. The van der Waals surface area contributed by atoms with Crippen LogP contribution >= 0.6 is 0 Å². The number of hydrogen-bond acceptors (Lipinski definition) is 4. The van der Waals surface area contributed by atoms with Gasteiger partial charge in [0.15, 0.2) is 0 Å². The number of aliphatic hydroxyl groups excluding tert-OH is 1. The smallest absolute Gasteiger partial charge is 0.407 e. The van der Waals surface area contributed by atoms with Crippen molar-refractivity contribution in [3.8, 4) is 0 Å². The number of aliphatic hydroxyl groups is 1. The number of alkyl carbamates (subject to hydrolysis) is 1. The third-order valence-electron chi connectivity index (χ3n) is 2.17. The van der Waals surface area contributed by atoms with Gasteiger partial charge in [0, 0.05) is 12.4 Å². The lowest BCUT2D eigenvalue weighted by atomic mass is 10.2. The summed E-state index contributed by atoms with van der Waals surface area (Å²) in [6.45, 7) is 9.10. The molecular weight excluding hydrogens is 256 g/mol. The average molecular weight is 282 g/mol. The molecule has 1 atom stereocenters. The lowest BCUT2D eigenvalue weighted by molar-refractivity contribution is 0.0489. The van der Waals surface area contributed by atoms with Crippen molar-refractivity contribution in [1.82, 2.24) is 10.3 Å². The Kier molecular flexibility index (Phi) is 8.56. The minimum Gasteiger partial charge on any atom is -0.444 e. The van der Waals surface area contributed by atoms with Crippen LogP contribution in [0.25, 0.3) is 0 Å². The maximum Gasteiger partial charge on any atom is 0.407 e. The van der Waals surface area contributed by atoms with Gasteiger partial charge in [0.05, 0.1) is 12.6 Å². The molecule has 1 aromatic rings. The van der Waals surface area contributed by atoms with Crippen LogP contribution < -0.4 is 5.32 Å². The molecule has 1 heterocycles. The SMILES string of the molecule is CCc1cccnc1.C[C@@H](CO)NC(=O)OC(C)(C)C. The van der Waals surface area contributed by atoms with Crippen molar-refractivity contribution in [2.24, 2.45) is 0 Å². The molecule has 1 aromatic heterocycles. The summed E-state index contributed by atoms with van der Waals surface area (Å²) in [6.07, 6.45) is 4.26. The molecule has 5 heteroatoms. The highest BCUT2D eigenvalue weighted by Crippen LogP contribution is 2.06. The van der Waals surface area contributed by atoms with Gasteiger partial charge in [-0.1, -0.05) is 13.0 Å². The van der Waals surface area contributed by atoms with Gasteiger partial charge in [0.1, 0.15) is 5.60 Å². The fourth-order valence-electron chi connectivity index (χ4n) is 1.16. The normalized spacial score (nSPS) is 11.9. The molecule has 2 N–H and O–H groups in total. The van der Waals surface area contributed by atoms with Crippen molar-refractivity contribution < 1.29 is 14.6 Å². The summed E-state index contributed by atoms with van der Waals surface area (Å²) in [5.74, 6) is 0. The zero-order valence-electron chi connectivity index (χ0n) is 13.0. The molecule has 0 aliphatic rings. The molecule has 20 heavy (non-hydrogen) atoms. The first-order valence-electron chi connectivity index (χ1n) is 6.77. The van der Waals surface area contributed by atoms with Gasteiger partial charge in [-0.05, 0) is 45.7 Å². The summed E-state index contributed by atoms with van der Waals surface area (Å²) in [5.41, 5.74) is 0.812. The summed E-state index contributed by atoms with van der Waals surface area (Å²) in [4.78, 5) is 14.9. The number of nitrogens with one attached hydrogen (secondary N) is 1. The van der Waals surface area contributed by atoms with E-state index in [1.54, 1.807) is 33.9 Å². The van der Waals surface area contributed by atoms with Crippen molar-refractivity contribution in [3.63, 3.8) is 0 Å². The number of nitrogens with zero attached hydrogens (tertiary/aromatic N) is 1. The van der Waals surface area contributed by atoms with E-state index in [0.29, 0.717) is 0 Å². The van der Waals surface area contributed by atoms with E-state index in [0.717, 1.165) is 6.42 Å². The molecule has 114 valence electrons. The van der Waals surface area contributed by atoms with Gasteiger partial charge >= 0.3 is 6.09 Å². The standard InChI is InChI=1S/C8H17NO3.C7H9N/c1-6(5-10)9-7(11)12-8(2,3)4;1-2-7-4-3-5-8-6-7/h6,10H,5H2,1-4H3,(H,9,11);3-6H,2H2,1H3/t6-;/m0./s1. The minimum absolute atomic E-state index is 0.0841. The van der Waals surface area contributed by atoms with Crippen LogP contribution in [0, 0.1) is 0 Å². The summed E-state index contributed by atoms with van der Waals surface area (Å²) >= 11 is 0. The molecule has 0 aromatic carbocycles. The summed E-state index contributed by atoms with van der Waals surface area (Å²) in [5, 5.41) is 11.1. The molecule has 0 unspecified atom stereocenters. The third kappa shape index (κ3) is 10.3. The van der Waals surface area contributed by atoms with Gasteiger partial charge in [0.2, 0.25) is 0 Å². The second-order valence-electron chi connectivity index (χ2n) is 5.44. The Morgan fingerprint density at radius 2 is 2.15 bits per heavy atom. The summed E-state index contributed by atoms with van der Waals surface area (Å²) in [6, 6.07) is 3.77. The highest BCUT2D eigenvalue weighted by molar-refractivity contribution is 5.68. The number of ether oxygens (including phenoxy) is 1. The lowest BCUT2D eigenvalue weighted by Gasteiger charge is -2.21. The molecule has 1 amide bonds. The van der Waals surface area contributed by atoms with Crippen LogP contribution in [-0.2, 0) is 11.2 Å². The highest BCUT2D eigenvalue weighted by atomic mass is 16.6. The molecule has 0 spiro atoms. The minimum atomic E-state index is -0.496. The molecule has 0 saturated heterocycles. The van der Waals surface area contributed by atoms with Gasteiger partial charge in [-0.25, -0.2) is 4.79 Å². The van der Waals surface area contributed by atoms with E-state index in [4.69, 9.17) is 9.84 Å². The molecule has 1 rings (SSSR count). The number of amides is 1. The Bertz CT molecular complexity index is 374. The van der Waals surface area contributed by atoms with E-state index in [1.807, 2.05) is 12.3 Å². The zero-order valence-corrected chi connectivity index (χ0v) is 13.0. The summed E-state index contributed by atoms with van der Waals surface area (Å²) in [7, 11) is 0. The zero-order chi connectivity index (χ0) is 15.6. The molecule has 0 radical (unpaired) electrons. The van der Waals surface area contributed by atoms with Crippen molar-refractivity contribution in [2.45, 2.75) is 52.7 Å². The van der Waals surface area contributed by atoms with Crippen LogP contribution in [0.5, 0.6) is 0 Å². The van der Waals surface area contributed by atoms with E-state index < -0.39 is 11.7 Å². The van der Waals surface area contributed by atoms with Gasteiger partial charge in [-0.2, -0.15) is 0 Å². The van der Waals surface area contributed by atoms with Gasteiger partial charge < -0.3 is 15.2 Å². The van der Waals surface area contributed by atoms with Gasteiger partial charge in [-0.3, -0.25) is 4.98 Å². The third-order valence-corrected chi connectivity index (χ3v) is 2.17. The Morgan fingerprint density at radius 1 is 1.50 bits per heavy atom. The second-order valence-corrected chi connectivity index (χ2v) is 5.44. The van der Waals surface area contributed by atoms with Crippen molar-refractivity contribution in [3.05, 3.63) is 30.1 Å². The van der Waals surface area contributed by atoms with Crippen LogP contribution in [0.2, 0.25) is 0 Å². The van der Waals surface area contributed by atoms with Gasteiger partial charge in [0.25, 0.3) is 0 Å². The number of aromatic nitrogens is 1. The largest absolute Gasteiger partial charge is 0.444 e. The second kappa shape index (κ2) is 9.31. The number of carbonyl (C=O) groups is 1. The fourth-order valence-corrected chi connectivity index (χ4v) is 1.16. The van der Waals surface area contributed by atoms with Crippen molar-refractivity contribution in [1.29, 1.82) is 0 Å². The average Bonchev–Trinajstić information content (AvgIpc) is 2.38. The Balaban J connectivity index is 0.000000388. The number of rotatable bonds is 3.